The number of aromatic nitrogens is 3. The lowest BCUT2D eigenvalue weighted by Gasteiger charge is -2.15. The second kappa shape index (κ2) is 7.07. The monoisotopic (exact) mass is 460 g/mol. The first-order valence-electron chi connectivity index (χ1n) is 6.58. The number of aliphatic imine (C=N–C) groups is 1. The van der Waals surface area contributed by atoms with E-state index in [0.29, 0.717) is 18.3 Å². The Morgan fingerprint density at radius 1 is 1.35 bits per heavy atom. The number of hydrogen-bond acceptors (Lipinski definition) is 5. The molecule has 23 heavy (non-hydrogen) atoms. The van der Waals surface area contributed by atoms with E-state index in [1.165, 1.54) is 4.40 Å². The first-order valence-corrected chi connectivity index (χ1v) is 6.95. The van der Waals surface area contributed by atoms with E-state index in [4.69, 9.17) is 11.6 Å². The molecule has 2 aromatic rings. The zero-order chi connectivity index (χ0) is 15.7. The zero-order valence-electron chi connectivity index (χ0n) is 11.7. The van der Waals surface area contributed by atoms with Gasteiger partial charge in [-0.25, -0.2) is 0 Å². The summed E-state index contributed by atoms with van der Waals surface area (Å²) in [6.45, 7) is 1.70. The SMILES string of the molecule is FC(F)(F)c1cc(Cl)c2nnc(CNC3=NCCCN3)n2c1.I. The van der Waals surface area contributed by atoms with Crippen LogP contribution in [-0.2, 0) is 12.7 Å². The number of pyridine rings is 1. The minimum Gasteiger partial charge on any atom is -0.356 e. The van der Waals surface area contributed by atoms with Crippen molar-refractivity contribution in [3.63, 3.8) is 0 Å². The third-order valence-electron chi connectivity index (χ3n) is 3.17. The minimum atomic E-state index is -4.48. The van der Waals surface area contributed by atoms with Gasteiger partial charge in [0.1, 0.15) is 0 Å². The molecule has 0 radical (unpaired) electrons. The largest absolute Gasteiger partial charge is 0.417 e. The van der Waals surface area contributed by atoms with Crippen LogP contribution in [0.5, 0.6) is 0 Å². The number of halogens is 5. The maximum atomic E-state index is 12.9. The molecule has 0 bridgehead atoms. The van der Waals surface area contributed by atoms with Crippen LogP contribution in [0.25, 0.3) is 5.65 Å². The topological polar surface area (TPSA) is 66.6 Å². The van der Waals surface area contributed by atoms with Crippen molar-refractivity contribution >= 4 is 47.2 Å². The normalized spacial score (nSPS) is 14.9. The fourth-order valence-electron chi connectivity index (χ4n) is 2.09. The van der Waals surface area contributed by atoms with Crippen LogP contribution in [0.3, 0.4) is 0 Å². The molecule has 0 saturated carbocycles. The second-order valence-electron chi connectivity index (χ2n) is 4.75. The van der Waals surface area contributed by atoms with Crippen LogP contribution in [0.15, 0.2) is 17.3 Å². The molecule has 0 spiro atoms. The van der Waals surface area contributed by atoms with Gasteiger partial charge in [0.25, 0.3) is 0 Å². The fraction of sp³-hybridized carbons (Fsp3) is 0.417. The number of hydrogen-bond donors (Lipinski definition) is 2. The molecule has 2 N–H and O–H groups in total. The zero-order valence-corrected chi connectivity index (χ0v) is 14.8. The van der Waals surface area contributed by atoms with Gasteiger partial charge in [0.2, 0.25) is 0 Å². The van der Waals surface area contributed by atoms with Crippen molar-refractivity contribution < 1.29 is 13.2 Å². The van der Waals surface area contributed by atoms with Crippen LogP contribution < -0.4 is 10.6 Å². The number of fused-ring (bicyclic) bond motifs is 1. The molecule has 1 aliphatic rings. The van der Waals surface area contributed by atoms with E-state index in [1.54, 1.807) is 0 Å². The van der Waals surface area contributed by atoms with Gasteiger partial charge in [0, 0.05) is 19.3 Å². The van der Waals surface area contributed by atoms with Crippen molar-refractivity contribution in [2.75, 3.05) is 13.1 Å². The third kappa shape index (κ3) is 3.97. The summed E-state index contributed by atoms with van der Waals surface area (Å²) in [5.74, 6) is 0.916. The van der Waals surface area contributed by atoms with Crippen LogP contribution in [0.4, 0.5) is 13.2 Å². The lowest BCUT2D eigenvalue weighted by molar-refractivity contribution is -0.137. The number of guanidine groups is 1. The summed E-state index contributed by atoms with van der Waals surface area (Å²) < 4.78 is 39.8. The lowest BCUT2D eigenvalue weighted by atomic mass is 10.3. The number of nitrogens with zero attached hydrogens (tertiary/aromatic N) is 4. The maximum Gasteiger partial charge on any atom is 0.417 e. The van der Waals surface area contributed by atoms with Crippen LogP contribution in [0, 0.1) is 0 Å². The summed E-state index contributed by atoms with van der Waals surface area (Å²) >= 11 is 5.85. The van der Waals surface area contributed by atoms with Gasteiger partial charge in [-0.1, -0.05) is 11.6 Å². The Kier molecular flexibility index (Phi) is 5.55. The molecule has 3 rings (SSSR count). The Hall–Kier alpha value is -1.30. The molecule has 0 unspecified atom stereocenters. The number of alkyl halides is 3. The van der Waals surface area contributed by atoms with Crippen molar-refractivity contribution in [1.82, 2.24) is 25.2 Å². The molecule has 0 saturated heterocycles. The summed E-state index contributed by atoms with van der Waals surface area (Å²) in [5, 5.41) is 13.6. The molecule has 3 heterocycles. The summed E-state index contributed by atoms with van der Waals surface area (Å²) in [6.07, 6.45) is -2.60. The predicted molar refractivity (Wildman–Crippen MR) is 90.2 cm³/mol. The van der Waals surface area contributed by atoms with Gasteiger partial charge in [-0.2, -0.15) is 13.2 Å². The van der Waals surface area contributed by atoms with Gasteiger partial charge in [-0.15, -0.1) is 34.2 Å². The van der Waals surface area contributed by atoms with Crippen LogP contribution in [0.1, 0.15) is 17.8 Å². The Labute approximate surface area is 151 Å². The Balaban J connectivity index is 0.00000192. The average molecular weight is 461 g/mol. The Morgan fingerprint density at radius 3 is 2.78 bits per heavy atom. The highest BCUT2D eigenvalue weighted by atomic mass is 127. The average Bonchev–Trinajstić information content (AvgIpc) is 2.89. The van der Waals surface area contributed by atoms with E-state index in [0.717, 1.165) is 25.2 Å². The first kappa shape index (κ1) is 18.0. The van der Waals surface area contributed by atoms with E-state index in [1.807, 2.05) is 0 Å². The Bertz CT molecular complexity index is 729. The number of nitrogens with one attached hydrogen (secondary N) is 2. The van der Waals surface area contributed by atoms with Gasteiger partial charge in [0.15, 0.2) is 17.4 Å². The van der Waals surface area contributed by atoms with Crippen molar-refractivity contribution in [2.45, 2.75) is 19.1 Å². The molecule has 126 valence electrons. The summed E-state index contributed by atoms with van der Waals surface area (Å²) in [6, 6.07) is 0.843. The highest BCUT2D eigenvalue weighted by Crippen LogP contribution is 2.32. The van der Waals surface area contributed by atoms with Gasteiger partial charge in [-0.05, 0) is 12.5 Å². The maximum absolute atomic E-state index is 12.9. The highest BCUT2D eigenvalue weighted by molar-refractivity contribution is 14.0. The Morgan fingerprint density at radius 2 is 2.13 bits per heavy atom. The molecule has 6 nitrogen and oxygen atoms in total. The lowest BCUT2D eigenvalue weighted by Crippen LogP contribution is -2.40. The molecular formula is C12H13ClF3IN6. The van der Waals surface area contributed by atoms with E-state index >= 15 is 0 Å². The molecule has 1 aliphatic heterocycles. The minimum absolute atomic E-state index is 0. The number of rotatable bonds is 2. The molecule has 11 heteroatoms. The second-order valence-corrected chi connectivity index (χ2v) is 5.16. The quantitative estimate of drug-likeness (QED) is 0.676. The third-order valence-corrected chi connectivity index (χ3v) is 3.45. The highest BCUT2D eigenvalue weighted by Gasteiger charge is 2.32. The molecule has 0 atom stereocenters. The van der Waals surface area contributed by atoms with E-state index in [9.17, 15) is 13.2 Å². The van der Waals surface area contributed by atoms with Crippen LogP contribution in [0.2, 0.25) is 5.02 Å². The van der Waals surface area contributed by atoms with Gasteiger partial charge < -0.3 is 10.6 Å². The van der Waals surface area contributed by atoms with Gasteiger partial charge >= 0.3 is 6.18 Å². The van der Waals surface area contributed by atoms with Gasteiger partial charge in [-0.3, -0.25) is 9.39 Å². The van der Waals surface area contributed by atoms with E-state index < -0.39 is 11.7 Å². The van der Waals surface area contributed by atoms with Crippen molar-refractivity contribution in [1.29, 1.82) is 0 Å². The smallest absolute Gasteiger partial charge is 0.356 e. The summed E-state index contributed by atoms with van der Waals surface area (Å²) in [5.41, 5.74) is -0.663. The summed E-state index contributed by atoms with van der Waals surface area (Å²) in [4.78, 5) is 4.21. The first-order chi connectivity index (χ1) is 10.4. The molecule has 0 aliphatic carbocycles. The molecular weight excluding hydrogens is 448 g/mol. The molecule has 0 amide bonds. The molecule has 0 aromatic carbocycles. The van der Waals surface area contributed by atoms with Crippen molar-refractivity contribution in [3.05, 3.63) is 28.7 Å². The standard InChI is InChI=1S/C12H12ClF3N6.HI/c13-8-4-7(12(14,15)16)6-22-9(20-21-10(8)22)5-19-11-17-2-1-3-18-11;/h4,6H,1-3,5H2,(H2,17,18,19);1H. The van der Waals surface area contributed by atoms with E-state index in [-0.39, 0.29) is 41.2 Å². The predicted octanol–water partition coefficient (Wildman–Crippen LogP) is 2.46. The molecule has 2 aromatic heterocycles. The fourth-order valence-corrected chi connectivity index (χ4v) is 2.34. The molecule has 0 fully saturated rings. The summed E-state index contributed by atoms with van der Waals surface area (Å²) in [7, 11) is 0. The van der Waals surface area contributed by atoms with E-state index in [2.05, 4.69) is 25.8 Å². The van der Waals surface area contributed by atoms with Crippen LogP contribution in [-0.4, -0.2) is 33.6 Å². The van der Waals surface area contributed by atoms with Crippen LogP contribution >= 0.6 is 35.6 Å². The van der Waals surface area contributed by atoms with Crippen molar-refractivity contribution in [2.24, 2.45) is 4.99 Å². The van der Waals surface area contributed by atoms with Crippen molar-refractivity contribution in [3.8, 4) is 0 Å². The van der Waals surface area contributed by atoms with Gasteiger partial charge in [0.05, 0.1) is 17.1 Å².